The maximum absolute atomic E-state index is 12.9. The number of imidazole rings is 1. The molecule has 0 saturated carbocycles. The molecule has 6 heteroatoms. The summed E-state index contributed by atoms with van der Waals surface area (Å²) in [6, 6.07) is 22.4. The maximum atomic E-state index is 12.9. The lowest BCUT2D eigenvalue weighted by Gasteiger charge is -2.17. The van der Waals surface area contributed by atoms with E-state index in [1.807, 2.05) is 47.4 Å². The first-order valence-electron chi connectivity index (χ1n) is 12.2. The van der Waals surface area contributed by atoms with Crippen molar-refractivity contribution >= 4 is 38.6 Å². The van der Waals surface area contributed by atoms with Gasteiger partial charge in [-0.2, -0.15) is 0 Å². The molecule has 2 heterocycles. The summed E-state index contributed by atoms with van der Waals surface area (Å²) >= 11 is 3.48. The fraction of sp³-hybridized carbons (Fsp3) is 0.310. The second-order valence-electron chi connectivity index (χ2n) is 9.25. The van der Waals surface area contributed by atoms with E-state index in [1.165, 1.54) is 11.1 Å². The van der Waals surface area contributed by atoms with Crippen LogP contribution in [0.1, 0.15) is 42.1 Å². The van der Waals surface area contributed by atoms with Gasteiger partial charge in [-0.15, -0.1) is 0 Å². The molecule has 35 heavy (non-hydrogen) atoms. The predicted octanol–water partition coefficient (Wildman–Crippen LogP) is 6.80. The van der Waals surface area contributed by atoms with E-state index in [2.05, 4.69) is 58.6 Å². The van der Waals surface area contributed by atoms with E-state index in [9.17, 15) is 4.79 Å². The summed E-state index contributed by atoms with van der Waals surface area (Å²) in [5.41, 5.74) is 5.51. The molecule has 1 atom stereocenters. The van der Waals surface area contributed by atoms with Crippen molar-refractivity contribution in [2.45, 2.75) is 45.6 Å². The van der Waals surface area contributed by atoms with Crippen LogP contribution in [0.2, 0.25) is 0 Å². The summed E-state index contributed by atoms with van der Waals surface area (Å²) < 4.78 is 9.38. The average molecular weight is 532 g/mol. The number of nitrogens with zero attached hydrogens (tertiary/aromatic N) is 3. The highest BCUT2D eigenvalue weighted by molar-refractivity contribution is 9.10. The third kappa shape index (κ3) is 4.98. The third-order valence-corrected chi connectivity index (χ3v) is 7.43. The van der Waals surface area contributed by atoms with Gasteiger partial charge in [-0.1, -0.05) is 40.2 Å². The van der Waals surface area contributed by atoms with Crippen LogP contribution in [0, 0.1) is 13.8 Å². The SMILES string of the molecule is Cc1cccc(OCCCCn2c(C3CC(=O)N(c4ccc(Br)cc4)C3)nc3ccccc32)c1C. The lowest BCUT2D eigenvalue weighted by molar-refractivity contribution is -0.117. The summed E-state index contributed by atoms with van der Waals surface area (Å²) in [6.45, 7) is 6.41. The number of rotatable bonds is 8. The highest BCUT2D eigenvalue weighted by Gasteiger charge is 2.34. The number of carbonyl (C=O) groups is 1. The van der Waals surface area contributed by atoms with Crippen molar-refractivity contribution in [2.75, 3.05) is 18.1 Å². The van der Waals surface area contributed by atoms with Gasteiger partial charge in [-0.25, -0.2) is 4.98 Å². The number of aryl methyl sites for hydroxylation is 2. The molecule has 1 unspecified atom stereocenters. The Morgan fingerprint density at radius 1 is 1.00 bits per heavy atom. The fourth-order valence-electron chi connectivity index (χ4n) is 4.83. The zero-order valence-electron chi connectivity index (χ0n) is 20.2. The van der Waals surface area contributed by atoms with Crippen molar-refractivity contribution in [3.8, 4) is 5.75 Å². The molecule has 180 valence electrons. The van der Waals surface area contributed by atoms with Crippen molar-refractivity contribution in [1.29, 1.82) is 0 Å². The number of ether oxygens (including phenoxy) is 1. The molecule has 3 aromatic carbocycles. The Bertz CT molecular complexity index is 1350. The molecule has 1 aliphatic heterocycles. The van der Waals surface area contributed by atoms with E-state index in [1.54, 1.807) is 0 Å². The van der Waals surface area contributed by atoms with E-state index in [0.29, 0.717) is 19.6 Å². The van der Waals surface area contributed by atoms with E-state index in [0.717, 1.165) is 52.2 Å². The smallest absolute Gasteiger partial charge is 0.227 e. The van der Waals surface area contributed by atoms with Gasteiger partial charge in [0.2, 0.25) is 5.91 Å². The van der Waals surface area contributed by atoms with Crippen LogP contribution in [0.25, 0.3) is 11.0 Å². The summed E-state index contributed by atoms with van der Waals surface area (Å²) in [4.78, 5) is 19.8. The minimum Gasteiger partial charge on any atom is -0.493 e. The summed E-state index contributed by atoms with van der Waals surface area (Å²) in [6.07, 6.45) is 2.42. The molecule has 5 nitrogen and oxygen atoms in total. The van der Waals surface area contributed by atoms with Crippen molar-refractivity contribution in [1.82, 2.24) is 9.55 Å². The van der Waals surface area contributed by atoms with Crippen LogP contribution in [0.3, 0.4) is 0 Å². The highest BCUT2D eigenvalue weighted by Crippen LogP contribution is 2.34. The first-order valence-corrected chi connectivity index (χ1v) is 13.0. The quantitative estimate of drug-likeness (QED) is 0.235. The number of amides is 1. The number of unbranched alkanes of at least 4 members (excludes halogenated alkanes) is 1. The van der Waals surface area contributed by atoms with Crippen LogP contribution in [-0.2, 0) is 11.3 Å². The van der Waals surface area contributed by atoms with Crippen LogP contribution < -0.4 is 9.64 Å². The van der Waals surface area contributed by atoms with Crippen LogP contribution in [-0.4, -0.2) is 28.6 Å². The summed E-state index contributed by atoms with van der Waals surface area (Å²) in [5, 5.41) is 0. The molecule has 1 amide bonds. The lowest BCUT2D eigenvalue weighted by Crippen LogP contribution is -2.24. The van der Waals surface area contributed by atoms with Gasteiger partial charge in [0.05, 0.1) is 17.6 Å². The molecular weight excluding hydrogens is 502 g/mol. The first kappa shape index (κ1) is 23.6. The highest BCUT2D eigenvalue weighted by atomic mass is 79.9. The van der Waals surface area contributed by atoms with Crippen LogP contribution >= 0.6 is 15.9 Å². The number of anilines is 1. The van der Waals surface area contributed by atoms with E-state index in [4.69, 9.17) is 9.72 Å². The lowest BCUT2D eigenvalue weighted by atomic mass is 10.1. The first-order chi connectivity index (χ1) is 17.0. The number of carbonyl (C=O) groups excluding carboxylic acids is 1. The Balaban J connectivity index is 1.29. The second-order valence-corrected chi connectivity index (χ2v) is 10.2. The Morgan fingerprint density at radius 2 is 1.80 bits per heavy atom. The monoisotopic (exact) mass is 531 g/mol. The summed E-state index contributed by atoms with van der Waals surface area (Å²) in [7, 11) is 0. The van der Waals surface area contributed by atoms with Gasteiger partial charge >= 0.3 is 0 Å². The molecule has 0 bridgehead atoms. The van der Waals surface area contributed by atoms with Crippen LogP contribution in [0.5, 0.6) is 5.75 Å². The van der Waals surface area contributed by atoms with Gasteiger partial charge < -0.3 is 14.2 Å². The Hall–Kier alpha value is -3.12. The van der Waals surface area contributed by atoms with Crippen molar-refractivity contribution in [3.05, 3.63) is 88.2 Å². The molecule has 0 radical (unpaired) electrons. The fourth-order valence-corrected chi connectivity index (χ4v) is 5.09. The van der Waals surface area contributed by atoms with Gasteiger partial charge in [0.25, 0.3) is 0 Å². The zero-order chi connectivity index (χ0) is 24.4. The third-order valence-electron chi connectivity index (χ3n) is 6.90. The molecule has 1 aromatic heterocycles. The number of hydrogen-bond donors (Lipinski definition) is 0. The molecule has 0 aliphatic carbocycles. The minimum atomic E-state index is 0.0738. The number of benzene rings is 3. The number of halogens is 1. The molecule has 5 rings (SSSR count). The summed E-state index contributed by atoms with van der Waals surface area (Å²) in [5.74, 6) is 2.20. The molecule has 0 spiro atoms. The zero-order valence-corrected chi connectivity index (χ0v) is 21.8. The molecule has 1 saturated heterocycles. The van der Waals surface area contributed by atoms with Crippen molar-refractivity contribution < 1.29 is 9.53 Å². The van der Waals surface area contributed by atoms with Crippen LogP contribution in [0.15, 0.2) is 71.2 Å². The number of aromatic nitrogens is 2. The van der Waals surface area contributed by atoms with Crippen molar-refractivity contribution in [3.63, 3.8) is 0 Å². The van der Waals surface area contributed by atoms with E-state index in [-0.39, 0.29) is 11.8 Å². The van der Waals surface area contributed by atoms with Crippen LogP contribution in [0.4, 0.5) is 5.69 Å². The van der Waals surface area contributed by atoms with Gasteiger partial charge in [0, 0.05) is 35.6 Å². The minimum absolute atomic E-state index is 0.0738. The number of para-hydroxylation sites is 2. The largest absolute Gasteiger partial charge is 0.493 e. The molecule has 1 aliphatic rings. The topological polar surface area (TPSA) is 47.4 Å². The van der Waals surface area contributed by atoms with Gasteiger partial charge in [-0.3, -0.25) is 4.79 Å². The Labute approximate surface area is 214 Å². The van der Waals surface area contributed by atoms with Gasteiger partial charge in [0.1, 0.15) is 11.6 Å². The molecule has 4 aromatic rings. The van der Waals surface area contributed by atoms with E-state index >= 15 is 0 Å². The number of hydrogen-bond acceptors (Lipinski definition) is 3. The maximum Gasteiger partial charge on any atom is 0.227 e. The molecular formula is C29H30BrN3O2. The Morgan fingerprint density at radius 3 is 2.63 bits per heavy atom. The Kier molecular flexibility index (Phi) is 6.91. The number of fused-ring (bicyclic) bond motifs is 1. The standard InChI is InChI=1S/C29H30BrN3O2/c1-20-8-7-11-27(21(20)2)35-17-6-5-16-32-26-10-4-3-9-25(26)31-29(32)22-18-28(34)33(19-22)24-14-12-23(30)13-15-24/h3-4,7-15,22H,5-6,16-19H2,1-2H3. The van der Waals surface area contributed by atoms with Gasteiger partial charge in [0.15, 0.2) is 0 Å². The molecule has 0 N–H and O–H groups in total. The average Bonchev–Trinajstić information content (AvgIpc) is 3.42. The predicted molar refractivity (Wildman–Crippen MR) is 144 cm³/mol. The molecule has 1 fully saturated rings. The van der Waals surface area contributed by atoms with Gasteiger partial charge in [-0.05, 0) is 80.3 Å². The van der Waals surface area contributed by atoms with E-state index < -0.39 is 0 Å². The van der Waals surface area contributed by atoms with Crippen molar-refractivity contribution in [2.24, 2.45) is 0 Å². The normalized spacial score (nSPS) is 15.8. The second kappa shape index (κ2) is 10.2.